The molecule has 0 spiro atoms. The van der Waals surface area contributed by atoms with Crippen molar-refractivity contribution in [1.29, 1.82) is 0 Å². The summed E-state index contributed by atoms with van der Waals surface area (Å²) in [5, 5.41) is 5.66. The van der Waals surface area contributed by atoms with E-state index < -0.39 is 0 Å². The van der Waals surface area contributed by atoms with Crippen molar-refractivity contribution in [2.24, 2.45) is 5.92 Å². The van der Waals surface area contributed by atoms with E-state index in [4.69, 9.17) is 5.73 Å². The Balaban J connectivity index is 2.45. The molecule has 0 fully saturated rings. The third-order valence-electron chi connectivity index (χ3n) is 3.23. The van der Waals surface area contributed by atoms with Crippen LogP contribution in [0.2, 0.25) is 0 Å². The van der Waals surface area contributed by atoms with E-state index >= 15 is 0 Å². The third kappa shape index (κ3) is 2.33. The van der Waals surface area contributed by atoms with E-state index in [1.54, 1.807) is 6.20 Å². The maximum Gasteiger partial charge on any atom is 0.0439 e. The molecule has 0 radical (unpaired) electrons. The summed E-state index contributed by atoms with van der Waals surface area (Å²) in [6, 6.07) is 6.34. The van der Waals surface area contributed by atoms with Crippen molar-refractivity contribution in [1.82, 2.24) is 4.98 Å². The molecule has 0 aliphatic carbocycles. The van der Waals surface area contributed by atoms with Gasteiger partial charge in [0.2, 0.25) is 0 Å². The summed E-state index contributed by atoms with van der Waals surface area (Å²) in [5.74, 6) is 0.583. The first kappa shape index (κ1) is 11.7. The van der Waals surface area contributed by atoms with Gasteiger partial charge in [-0.1, -0.05) is 13.8 Å². The minimum absolute atomic E-state index is 0.419. The van der Waals surface area contributed by atoms with Crippen LogP contribution in [0, 0.1) is 5.92 Å². The lowest BCUT2D eigenvalue weighted by Gasteiger charge is -2.20. The van der Waals surface area contributed by atoms with Gasteiger partial charge in [0.1, 0.15) is 0 Å². The third-order valence-corrected chi connectivity index (χ3v) is 3.23. The predicted molar refractivity (Wildman–Crippen MR) is 74.1 cm³/mol. The number of nitrogens with zero attached hydrogens (tertiary/aromatic N) is 1. The van der Waals surface area contributed by atoms with E-state index in [1.165, 1.54) is 0 Å². The number of nitrogens with two attached hydrogens (primary N) is 1. The molecule has 1 aromatic heterocycles. The zero-order valence-corrected chi connectivity index (χ0v) is 10.6. The first-order chi connectivity index (χ1) is 8.09. The number of nitrogen functional groups attached to an aromatic ring is 1. The largest absolute Gasteiger partial charge is 0.398 e. The average Bonchev–Trinajstić information content (AvgIpc) is 2.33. The zero-order valence-electron chi connectivity index (χ0n) is 10.6. The lowest BCUT2D eigenvalue weighted by molar-refractivity contribution is 0.560. The number of anilines is 2. The quantitative estimate of drug-likeness (QED) is 0.794. The van der Waals surface area contributed by atoms with E-state index in [9.17, 15) is 0 Å². The highest BCUT2D eigenvalue weighted by atomic mass is 14.9. The second-order valence-corrected chi connectivity index (χ2v) is 4.80. The Bertz CT molecular complexity index is 520. The highest BCUT2D eigenvalue weighted by Crippen LogP contribution is 2.28. The molecule has 0 bridgehead atoms. The topological polar surface area (TPSA) is 50.9 Å². The van der Waals surface area contributed by atoms with Gasteiger partial charge in [-0.3, -0.25) is 4.98 Å². The van der Waals surface area contributed by atoms with Crippen molar-refractivity contribution in [2.45, 2.75) is 26.8 Å². The van der Waals surface area contributed by atoms with Crippen LogP contribution in [0.3, 0.4) is 0 Å². The summed E-state index contributed by atoms with van der Waals surface area (Å²) in [7, 11) is 0. The second-order valence-electron chi connectivity index (χ2n) is 4.80. The number of fused-ring (bicyclic) bond motifs is 1. The molecule has 1 unspecified atom stereocenters. The van der Waals surface area contributed by atoms with Gasteiger partial charge >= 0.3 is 0 Å². The van der Waals surface area contributed by atoms with Crippen molar-refractivity contribution < 1.29 is 0 Å². The molecule has 3 heteroatoms. The Kier molecular flexibility index (Phi) is 3.18. The van der Waals surface area contributed by atoms with Crippen LogP contribution in [0.5, 0.6) is 0 Å². The van der Waals surface area contributed by atoms with E-state index in [0.29, 0.717) is 12.0 Å². The number of hydrogen-bond acceptors (Lipinski definition) is 3. The van der Waals surface area contributed by atoms with Crippen molar-refractivity contribution in [3.8, 4) is 0 Å². The maximum absolute atomic E-state index is 5.96. The molecule has 2 aromatic rings. The minimum atomic E-state index is 0.419. The first-order valence-corrected chi connectivity index (χ1v) is 5.98. The summed E-state index contributed by atoms with van der Waals surface area (Å²) in [6.07, 6.45) is 3.63. The van der Waals surface area contributed by atoms with Gasteiger partial charge in [-0.15, -0.1) is 0 Å². The molecule has 1 heterocycles. The van der Waals surface area contributed by atoms with Gasteiger partial charge in [0, 0.05) is 40.6 Å². The van der Waals surface area contributed by atoms with E-state index in [-0.39, 0.29) is 0 Å². The van der Waals surface area contributed by atoms with Gasteiger partial charge in [0.15, 0.2) is 0 Å². The van der Waals surface area contributed by atoms with Crippen LogP contribution < -0.4 is 11.1 Å². The first-order valence-electron chi connectivity index (χ1n) is 5.98. The highest BCUT2D eigenvalue weighted by molar-refractivity contribution is 6.00. The van der Waals surface area contributed by atoms with Gasteiger partial charge in [0.25, 0.3) is 0 Å². The molecule has 1 atom stereocenters. The molecule has 90 valence electrons. The van der Waals surface area contributed by atoms with E-state index in [0.717, 1.165) is 22.1 Å². The lowest BCUT2D eigenvalue weighted by Crippen LogP contribution is -2.21. The van der Waals surface area contributed by atoms with Crippen molar-refractivity contribution in [3.05, 3.63) is 30.6 Å². The van der Waals surface area contributed by atoms with Crippen molar-refractivity contribution in [3.63, 3.8) is 0 Å². The number of nitrogens with one attached hydrogen (secondary N) is 1. The summed E-state index contributed by atoms with van der Waals surface area (Å²) in [5.41, 5.74) is 7.86. The van der Waals surface area contributed by atoms with Gasteiger partial charge in [-0.05, 0) is 31.0 Å². The number of hydrogen-bond donors (Lipinski definition) is 2. The van der Waals surface area contributed by atoms with Gasteiger partial charge in [-0.25, -0.2) is 0 Å². The fourth-order valence-electron chi connectivity index (χ4n) is 1.75. The molecule has 0 aliphatic rings. The fourth-order valence-corrected chi connectivity index (χ4v) is 1.75. The number of benzene rings is 1. The van der Waals surface area contributed by atoms with Gasteiger partial charge in [-0.2, -0.15) is 0 Å². The summed E-state index contributed by atoms with van der Waals surface area (Å²) in [6.45, 7) is 6.59. The Hall–Kier alpha value is -1.77. The van der Waals surface area contributed by atoms with E-state index in [2.05, 4.69) is 31.1 Å². The van der Waals surface area contributed by atoms with Gasteiger partial charge < -0.3 is 11.1 Å². The Morgan fingerprint density at radius 1 is 1.12 bits per heavy atom. The molecule has 2 rings (SSSR count). The Morgan fingerprint density at radius 2 is 1.88 bits per heavy atom. The molecule has 0 amide bonds. The zero-order chi connectivity index (χ0) is 12.4. The van der Waals surface area contributed by atoms with Crippen LogP contribution >= 0.6 is 0 Å². The predicted octanol–water partition coefficient (Wildman–Crippen LogP) is 3.27. The molecule has 0 saturated carbocycles. The minimum Gasteiger partial charge on any atom is -0.398 e. The molecule has 1 aromatic carbocycles. The summed E-state index contributed by atoms with van der Waals surface area (Å²) in [4.78, 5) is 4.17. The van der Waals surface area contributed by atoms with Crippen LogP contribution in [0.4, 0.5) is 11.4 Å². The Labute approximate surface area is 102 Å². The summed E-state index contributed by atoms with van der Waals surface area (Å²) >= 11 is 0. The lowest BCUT2D eigenvalue weighted by atomic mass is 10.0. The van der Waals surface area contributed by atoms with Crippen LogP contribution in [0.15, 0.2) is 30.6 Å². The van der Waals surface area contributed by atoms with E-state index in [1.807, 2.05) is 24.4 Å². The normalized spacial score (nSPS) is 12.9. The molecular formula is C14H19N3. The monoisotopic (exact) mass is 229 g/mol. The van der Waals surface area contributed by atoms with Crippen LogP contribution in [-0.2, 0) is 0 Å². The average molecular weight is 229 g/mol. The van der Waals surface area contributed by atoms with Crippen molar-refractivity contribution in [2.75, 3.05) is 11.1 Å². The molecule has 17 heavy (non-hydrogen) atoms. The summed E-state index contributed by atoms with van der Waals surface area (Å²) < 4.78 is 0. The molecule has 0 saturated heterocycles. The highest BCUT2D eigenvalue weighted by Gasteiger charge is 2.09. The molecule has 3 N–H and O–H groups in total. The van der Waals surface area contributed by atoms with Gasteiger partial charge in [0.05, 0.1) is 0 Å². The van der Waals surface area contributed by atoms with Crippen LogP contribution in [0.25, 0.3) is 10.8 Å². The molecule has 3 nitrogen and oxygen atoms in total. The fraction of sp³-hybridized carbons (Fsp3) is 0.357. The standard InChI is InChI=1S/C14H19N3/c1-9(2)10(3)17-14-5-4-13(15)11-6-7-16-8-12(11)14/h4-10,17H,15H2,1-3H3. The smallest absolute Gasteiger partial charge is 0.0439 e. The molecule has 0 aliphatic heterocycles. The number of aromatic nitrogens is 1. The maximum atomic E-state index is 5.96. The van der Waals surface area contributed by atoms with Crippen molar-refractivity contribution >= 4 is 22.1 Å². The van der Waals surface area contributed by atoms with Crippen LogP contribution in [0.1, 0.15) is 20.8 Å². The number of pyridine rings is 1. The SMILES string of the molecule is CC(C)C(C)Nc1ccc(N)c2ccncc12. The molecular weight excluding hydrogens is 210 g/mol. The second kappa shape index (κ2) is 4.62. The Morgan fingerprint density at radius 3 is 2.59 bits per heavy atom. The number of rotatable bonds is 3. The van der Waals surface area contributed by atoms with Crippen LogP contribution in [-0.4, -0.2) is 11.0 Å².